The van der Waals surface area contributed by atoms with Gasteiger partial charge in [-0.25, -0.2) is 0 Å². The Morgan fingerprint density at radius 2 is 1.88 bits per heavy atom. The number of allylic oxidation sites excluding steroid dienone is 2. The summed E-state index contributed by atoms with van der Waals surface area (Å²) in [5.74, 6) is -1.59. The second-order valence-electron chi connectivity index (χ2n) is 6.86. The molecule has 134 valence electrons. The van der Waals surface area contributed by atoms with Gasteiger partial charge in [0.05, 0.1) is 24.0 Å². The fourth-order valence-corrected chi connectivity index (χ4v) is 3.50. The van der Waals surface area contributed by atoms with Gasteiger partial charge in [0.1, 0.15) is 6.04 Å². The van der Waals surface area contributed by atoms with Gasteiger partial charge in [0, 0.05) is 6.20 Å². The quantitative estimate of drug-likeness (QED) is 0.617. The van der Waals surface area contributed by atoms with Crippen LogP contribution in [0.4, 0.5) is 0 Å². The van der Waals surface area contributed by atoms with Gasteiger partial charge < -0.3 is 4.74 Å². The molecule has 0 saturated carbocycles. The lowest BCUT2D eigenvalue weighted by Crippen LogP contribution is -2.42. The van der Waals surface area contributed by atoms with E-state index < -0.39 is 17.9 Å². The first-order valence-corrected chi connectivity index (χ1v) is 8.87. The molecule has 1 aliphatic heterocycles. The van der Waals surface area contributed by atoms with Gasteiger partial charge in [0.25, 0.3) is 0 Å². The van der Waals surface area contributed by atoms with E-state index >= 15 is 0 Å². The number of carbonyl (C=O) groups excluding carboxylic acids is 2. The van der Waals surface area contributed by atoms with Gasteiger partial charge in [0.15, 0.2) is 0 Å². The van der Waals surface area contributed by atoms with Crippen LogP contribution in [-0.4, -0.2) is 22.9 Å². The van der Waals surface area contributed by atoms with Crippen molar-refractivity contribution in [1.29, 1.82) is 5.26 Å². The van der Waals surface area contributed by atoms with Crippen LogP contribution in [0.5, 0.6) is 0 Å². The molecule has 1 aliphatic carbocycles. The van der Waals surface area contributed by atoms with Gasteiger partial charge in [-0.1, -0.05) is 36.4 Å². The Kier molecular flexibility index (Phi) is 5.22. The molecule has 1 aromatic rings. The van der Waals surface area contributed by atoms with Crippen molar-refractivity contribution in [2.75, 3.05) is 0 Å². The largest absolute Gasteiger partial charge is 0.463 e. The molecule has 2 aliphatic rings. The maximum atomic E-state index is 13.2. The van der Waals surface area contributed by atoms with Gasteiger partial charge >= 0.3 is 5.97 Å². The first-order chi connectivity index (χ1) is 12.5. The van der Waals surface area contributed by atoms with Gasteiger partial charge in [-0.05, 0) is 43.9 Å². The molecule has 26 heavy (non-hydrogen) atoms. The SMILES string of the molecule is CC(C)OC(=O)[C@@H]1CC=CC[C@H]1C(=O)N1C=Cc2ccccc2[C@@H]1C#N. The van der Waals surface area contributed by atoms with E-state index in [0.29, 0.717) is 12.8 Å². The molecule has 0 fully saturated rings. The zero-order chi connectivity index (χ0) is 18.7. The number of rotatable bonds is 3. The number of hydrogen-bond acceptors (Lipinski definition) is 4. The molecule has 0 saturated heterocycles. The lowest BCUT2D eigenvalue weighted by Gasteiger charge is -2.34. The summed E-state index contributed by atoms with van der Waals surface area (Å²) in [6.07, 6.45) is 8.05. The van der Waals surface area contributed by atoms with E-state index in [9.17, 15) is 14.9 Å². The predicted octanol–water partition coefficient (Wildman–Crippen LogP) is 3.60. The van der Waals surface area contributed by atoms with Crippen LogP contribution in [0, 0.1) is 23.2 Å². The van der Waals surface area contributed by atoms with E-state index in [1.165, 1.54) is 4.90 Å². The lowest BCUT2D eigenvalue weighted by atomic mass is 9.81. The summed E-state index contributed by atoms with van der Waals surface area (Å²) < 4.78 is 5.34. The van der Waals surface area contributed by atoms with E-state index in [2.05, 4.69) is 6.07 Å². The maximum Gasteiger partial charge on any atom is 0.310 e. The molecule has 1 heterocycles. The first-order valence-electron chi connectivity index (χ1n) is 8.87. The number of carbonyl (C=O) groups is 2. The van der Waals surface area contributed by atoms with Gasteiger partial charge in [0.2, 0.25) is 5.91 Å². The molecule has 1 aromatic carbocycles. The number of esters is 1. The van der Waals surface area contributed by atoms with Crippen LogP contribution in [0.15, 0.2) is 42.6 Å². The summed E-state index contributed by atoms with van der Waals surface area (Å²) >= 11 is 0. The lowest BCUT2D eigenvalue weighted by molar-refractivity contribution is -0.158. The van der Waals surface area contributed by atoms with Crippen molar-refractivity contribution in [2.45, 2.75) is 38.8 Å². The van der Waals surface area contributed by atoms with Gasteiger partial charge in [-0.3, -0.25) is 14.5 Å². The standard InChI is InChI=1S/C21H22N2O3/c1-14(2)26-21(25)18-10-6-5-9-17(18)20(24)23-12-11-15-7-3-4-8-16(15)19(23)13-22/h3-8,11-12,14,17-19H,9-10H2,1-2H3/t17-,18-,19+/m1/s1. The van der Waals surface area contributed by atoms with E-state index in [-0.39, 0.29) is 18.0 Å². The number of nitrogens with zero attached hydrogens (tertiary/aromatic N) is 2. The summed E-state index contributed by atoms with van der Waals surface area (Å²) in [5, 5.41) is 9.67. The van der Waals surface area contributed by atoms with Crippen molar-refractivity contribution in [3.05, 3.63) is 53.7 Å². The number of benzene rings is 1. The molecular formula is C21H22N2O3. The highest BCUT2D eigenvalue weighted by Gasteiger charge is 2.40. The number of hydrogen-bond donors (Lipinski definition) is 0. The van der Waals surface area contributed by atoms with E-state index in [4.69, 9.17) is 4.74 Å². The van der Waals surface area contributed by atoms with Crippen LogP contribution in [0.1, 0.15) is 43.9 Å². The molecular weight excluding hydrogens is 328 g/mol. The predicted molar refractivity (Wildman–Crippen MR) is 97.3 cm³/mol. The van der Waals surface area contributed by atoms with Crippen LogP contribution in [0.25, 0.3) is 6.08 Å². The molecule has 5 nitrogen and oxygen atoms in total. The molecule has 3 atom stereocenters. The molecule has 5 heteroatoms. The average molecular weight is 350 g/mol. The average Bonchev–Trinajstić information content (AvgIpc) is 2.66. The first kappa shape index (κ1) is 17.9. The van der Waals surface area contributed by atoms with Crippen LogP contribution < -0.4 is 0 Å². The normalized spacial score (nSPS) is 24.1. The Bertz CT molecular complexity index is 804. The fourth-order valence-electron chi connectivity index (χ4n) is 3.50. The Morgan fingerprint density at radius 3 is 2.58 bits per heavy atom. The minimum absolute atomic E-state index is 0.211. The minimum Gasteiger partial charge on any atom is -0.463 e. The summed E-state index contributed by atoms with van der Waals surface area (Å²) in [4.78, 5) is 27.1. The van der Waals surface area contributed by atoms with Crippen LogP contribution in [0.2, 0.25) is 0 Å². The third-order valence-corrected chi connectivity index (χ3v) is 4.76. The second-order valence-corrected chi connectivity index (χ2v) is 6.86. The highest BCUT2D eigenvalue weighted by molar-refractivity contribution is 5.88. The number of fused-ring (bicyclic) bond motifs is 1. The highest BCUT2D eigenvalue weighted by atomic mass is 16.5. The number of amides is 1. The van der Waals surface area contributed by atoms with Crippen molar-refractivity contribution in [3.63, 3.8) is 0 Å². The summed E-state index contributed by atoms with van der Waals surface area (Å²) in [7, 11) is 0. The Hall–Kier alpha value is -2.87. The van der Waals surface area contributed by atoms with Gasteiger partial charge in [-0.15, -0.1) is 0 Å². The molecule has 0 unspecified atom stereocenters. The van der Waals surface area contributed by atoms with Crippen molar-refractivity contribution in [3.8, 4) is 6.07 Å². The van der Waals surface area contributed by atoms with E-state index in [1.807, 2.05) is 42.5 Å². The topological polar surface area (TPSA) is 70.4 Å². The summed E-state index contributed by atoms with van der Waals surface area (Å²) in [6, 6.07) is 9.08. The Labute approximate surface area is 153 Å². The number of ether oxygens (including phenoxy) is 1. The Morgan fingerprint density at radius 1 is 1.19 bits per heavy atom. The van der Waals surface area contributed by atoms with E-state index in [0.717, 1.165) is 11.1 Å². The van der Waals surface area contributed by atoms with E-state index in [1.54, 1.807) is 20.0 Å². The second kappa shape index (κ2) is 7.57. The zero-order valence-electron chi connectivity index (χ0n) is 15.0. The molecule has 1 amide bonds. The zero-order valence-corrected chi connectivity index (χ0v) is 15.0. The smallest absolute Gasteiger partial charge is 0.310 e. The third kappa shape index (κ3) is 3.41. The maximum absolute atomic E-state index is 13.2. The molecule has 0 aromatic heterocycles. The van der Waals surface area contributed by atoms with Crippen LogP contribution in [0.3, 0.4) is 0 Å². The Balaban J connectivity index is 1.87. The van der Waals surface area contributed by atoms with Crippen LogP contribution in [-0.2, 0) is 14.3 Å². The monoisotopic (exact) mass is 350 g/mol. The third-order valence-electron chi connectivity index (χ3n) is 4.76. The molecule has 0 radical (unpaired) electrons. The van der Waals surface area contributed by atoms with Crippen molar-refractivity contribution in [2.24, 2.45) is 11.8 Å². The van der Waals surface area contributed by atoms with Crippen molar-refractivity contribution >= 4 is 18.0 Å². The highest BCUT2D eigenvalue weighted by Crippen LogP contribution is 2.35. The molecule has 0 spiro atoms. The van der Waals surface area contributed by atoms with Gasteiger partial charge in [-0.2, -0.15) is 5.26 Å². The van der Waals surface area contributed by atoms with Crippen LogP contribution >= 0.6 is 0 Å². The summed E-state index contributed by atoms with van der Waals surface area (Å²) in [5.41, 5.74) is 1.74. The summed E-state index contributed by atoms with van der Waals surface area (Å²) in [6.45, 7) is 3.59. The number of nitriles is 1. The molecule has 3 rings (SSSR count). The fraction of sp³-hybridized carbons (Fsp3) is 0.381. The minimum atomic E-state index is -0.684. The molecule has 0 bridgehead atoms. The van der Waals surface area contributed by atoms with Crippen molar-refractivity contribution < 1.29 is 14.3 Å². The van der Waals surface area contributed by atoms with Crippen molar-refractivity contribution in [1.82, 2.24) is 4.90 Å². The molecule has 0 N–H and O–H groups in total.